The van der Waals surface area contributed by atoms with Crippen molar-refractivity contribution in [2.24, 2.45) is 0 Å². The Hall–Kier alpha value is -0.340. The molecule has 0 heterocycles. The lowest BCUT2D eigenvalue weighted by molar-refractivity contribution is 0.0340. The zero-order chi connectivity index (χ0) is 8.20. The van der Waals surface area contributed by atoms with Crippen molar-refractivity contribution in [2.45, 2.75) is 32.3 Å². The molecule has 0 aromatic rings. The van der Waals surface area contributed by atoms with Crippen molar-refractivity contribution in [1.29, 1.82) is 0 Å². The minimum Gasteiger partial charge on any atom is -0.396 e. The average molecular weight is 144 g/mol. The highest BCUT2D eigenvalue weighted by molar-refractivity contribution is 4.95. The Labute approximate surface area is 62.2 Å². The van der Waals surface area contributed by atoms with Crippen LogP contribution < -0.4 is 0 Å². The smallest absolute Gasteiger partial charge is 0.0678 e. The molecule has 2 nitrogen and oxygen atoms in total. The molecule has 0 aliphatic heterocycles. The first-order valence-corrected chi connectivity index (χ1v) is 3.45. The van der Waals surface area contributed by atoms with E-state index in [2.05, 4.69) is 6.58 Å². The average Bonchev–Trinajstić information content (AvgIpc) is 1.59. The summed E-state index contributed by atoms with van der Waals surface area (Å²) in [5, 5.41) is 18.0. The molecule has 1 atom stereocenters. The monoisotopic (exact) mass is 144 g/mol. The van der Waals surface area contributed by atoms with E-state index < -0.39 is 5.60 Å². The molecule has 2 heteroatoms. The Morgan fingerprint density at radius 3 is 2.40 bits per heavy atom. The summed E-state index contributed by atoms with van der Waals surface area (Å²) in [5.41, 5.74) is 0.166. The summed E-state index contributed by atoms with van der Waals surface area (Å²) in [6.07, 6.45) is 0.980. The van der Waals surface area contributed by atoms with Gasteiger partial charge in [-0.1, -0.05) is 5.57 Å². The summed E-state index contributed by atoms with van der Waals surface area (Å²) >= 11 is 0. The van der Waals surface area contributed by atoms with Gasteiger partial charge in [0.15, 0.2) is 0 Å². The molecule has 0 aromatic heterocycles. The largest absolute Gasteiger partial charge is 0.396 e. The van der Waals surface area contributed by atoms with Gasteiger partial charge in [0, 0.05) is 6.61 Å². The molecule has 0 saturated carbocycles. The van der Waals surface area contributed by atoms with Crippen molar-refractivity contribution in [1.82, 2.24) is 0 Å². The van der Waals surface area contributed by atoms with Crippen molar-refractivity contribution >= 4 is 0 Å². The second-order valence-corrected chi connectivity index (χ2v) is 3.10. The predicted molar refractivity (Wildman–Crippen MR) is 41.8 cm³/mol. The number of rotatable bonds is 4. The fourth-order valence-corrected chi connectivity index (χ4v) is 0.979. The van der Waals surface area contributed by atoms with Gasteiger partial charge in [0.05, 0.1) is 5.60 Å². The molecule has 0 rings (SSSR count). The van der Waals surface area contributed by atoms with Crippen LogP contribution in [0.5, 0.6) is 0 Å². The van der Waals surface area contributed by atoms with Crippen molar-refractivity contribution in [2.75, 3.05) is 6.61 Å². The molecular weight excluding hydrogens is 128 g/mol. The fraction of sp³-hybridized carbons (Fsp3) is 0.750. The molecule has 0 spiro atoms. The summed E-state index contributed by atoms with van der Waals surface area (Å²) in [7, 11) is 0. The maximum atomic E-state index is 9.46. The Balaban J connectivity index is 3.74. The molecule has 0 amide bonds. The van der Waals surface area contributed by atoms with Crippen LogP contribution in [0.4, 0.5) is 0 Å². The molecule has 0 fully saturated rings. The van der Waals surface area contributed by atoms with Gasteiger partial charge in [-0.2, -0.15) is 0 Å². The molecular formula is C8H16O2. The summed E-state index contributed by atoms with van der Waals surface area (Å²) < 4.78 is 0. The van der Waals surface area contributed by atoms with Crippen LogP contribution in [-0.4, -0.2) is 22.4 Å². The van der Waals surface area contributed by atoms with Crippen LogP contribution in [0.15, 0.2) is 12.2 Å². The van der Waals surface area contributed by atoms with Crippen molar-refractivity contribution < 1.29 is 10.2 Å². The van der Waals surface area contributed by atoms with E-state index >= 15 is 0 Å². The minimum atomic E-state index is -0.777. The van der Waals surface area contributed by atoms with Crippen LogP contribution in [0.3, 0.4) is 0 Å². The lowest BCUT2D eigenvalue weighted by Gasteiger charge is -2.21. The van der Waals surface area contributed by atoms with Gasteiger partial charge in [-0.05, 0) is 26.7 Å². The third kappa shape index (κ3) is 4.53. The van der Waals surface area contributed by atoms with Crippen LogP contribution in [-0.2, 0) is 0 Å². The van der Waals surface area contributed by atoms with Crippen molar-refractivity contribution in [3.05, 3.63) is 12.2 Å². The fourth-order valence-electron chi connectivity index (χ4n) is 0.979. The third-order valence-electron chi connectivity index (χ3n) is 1.33. The highest BCUT2D eigenvalue weighted by atomic mass is 16.3. The Morgan fingerprint density at radius 2 is 2.10 bits per heavy atom. The van der Waals surface area contributed by atoms with Gasteiger partial charge in [0.2, 0.25) is 0 Å². The molecule has 0 unspecified atom stereocenters. The number of aliphatic hydroxyl groups is 2. The number of hydrogen-bond acceptors (Lipinski definition) is 2. The first-order valence-electron chi connectivity index (χ1n) is 3.45. The van der Waals surface area contributed by atoms with Crippen molar-refractivity contribution in [3.8, 4) is 0 Å². The summed E-state index contributed by atoms with van der Waals surface area (Å²) in [6, 6.07) is 0. The van der Waals surface area contributed by atoms with Crippen LogP contribution in [0.25, 0.3) is 0 Å². The van der Waals surface area contributed by atoms with E-state index in [9.17, 15) is 5.11 Å². The van der Waals surface area contributed by atoms with Gasteiger partial charge in [-0.3, -0.25) is 0 Å². The summed E-state index contributed by atoms with van der Waals surface area (Å²) in [6.45, 7) is 7.28. The van der Waals surface area contributed by atoms with E-state index in [0.717, 1.165) is 5.57 Å². The highest BCUT2D eigenvalue weighted by Gasteiger charge is 2.18. The maximum Gasteiger partial charge on any atom is 0.0678 e. The van der Waals surface area contributed by atoms with E-state index in [4.69, 9.17) is 5.11 Å². The maximum absolute atomic E-state index is 9.46. The van der Waals surface area contributed by atoms with E-state index in [1.807, 2.05) is 6.92 Å². The molecule has 0 radical (unpaired) electrons. The molecule has 0 saturated heterocycles. The topological polar surface area (TPSA) is 40.5 Å². The van der Waals surface area contributed by atoms with Gasteiger partial charge >= 0.3 is 0 Å². The van der Waals surface area contributed by atoms with Gasteiger partial charge in [0.1, 0.15) is 0 Å². The van der Waals surface area contributed by atoms with Gasteiger partial charge in [0.25, 0.3) is 0 Å². The molecule has 60 valence electrons. The van der Waals surface area contributed by atoms with E-state index in [-0.39, 0.29) is 6.61 Å². The molecule has 0 aromatic carbocycles. The Kier molecular flexibility index (Phi) is 3.61. The quantitative estimate of drug-likeness (QED) is 0.580. The SMILES string of the molecule is C=C(C)C[C@@](C)(O)CCO. The molecule has 0 aliphatic carbocycles. The van der Waals surface area contributed by atoms with Crippen LogP contribution in [0, 0.1) is 0 Å². The van der Waals surface area contributed by atoms with Gasteiger partial charge < -0.3 is 10.2 Å². The van der Waals surface area contributed by atoms with Crippen LogP contribution >= 0.6 is 0 Å². The van der Waals surface area contributed by atoms with Gasteiger partial charge in [-0.15, -0.1) is 6.58 Å². The molecule has 0 aliphatic rings. The third-order valence-corrected chi connectivity index (χ3v) is 1.33. The first-order chi connectivity index (χ1) is 4.48. The van der Waals surface area contributed by atoms with E-state index in [1.165, 1.54) is 0 Å². The number of aliphatic hydroxyl groups excluding tert-OH is 1. The Bertz CT molecular complexity index is 116. The molecule has 0 bridgehead atoms. The number of hydrogen-bond donors (Lipinski definition) is 2. The summed E-state index contributed by atoms with van der Waals surface area (Å²) in [4.78, 5) is 0. The first kappa shape index (κ1) is 9.66. The normalized spacial score (nSPS) is 16.4. The Morgan fingerprint density at radius 1 is 1.60 bits per heavy atom. The van der Waals surface area contributed by atoms with Crippen LogP contribution in [0.1, 0.15) is 26.7 Å². The zero-order valence-electron chi connectivity index (χ0n) is 6.72. The highest BCUT2D eigenvalue weighted by Crippen LogP contribution is 2.17. The lowest BCUT2D eigenvalue weighted by Crippen LogP contribution is -2.25. The zero-order valence-corrected chi connectivity index (χ0v) is 6.72. The van der Waals surface area contributed by atoms with Crippen LogP contribution in [0.2, 0.25) is 0 Å². The molecule has 10 heavy (non-hydrogen) atoms. The molecule has 2 N–H and O–H groups in total. The standard InChI is InChI=1S/C8H16O2/c1-7(2)6-8(3,10)4-5-9/h9-10H,1,4-6H2,2-3H3/t8-/m0/s1. The minimum absolute atomic E-state index is 0.0281. The van der Waals surface area contributed by atoms with Gasteiger partial charge in [-0.25, -0.2) is 0 Å². The summed E-state index contributed by atoms with van der Waals surface area (Å²) in [5.74, 6) is 0. The second-order valence-electron chi connectivity index (χ2n) is 3.10. The van der Waals surface area contributed by atoms with E-state index in [0.29, 0.717) is 12.8 Å². The second kappa shape index (κ2) is 3.74. The lowest BCUT2D eigenvalue weighted by atomic mass is 9.95. The van der Waals surface area contributed by atoms with E-state index in [1.54, 1.807) is 6.92 Å². The predicted octanol–water partition coefficient (Wildman–Crippen LogP) is 1.09. The van der Waals surface area contributed by atoms with Crippen molar-refractivity contribution in [3.63, 3.8) is 0 Å².